The van der Waals surface area contributed by atoms with Gasteiger partial charge in [0.25, 0.3) is 0 Å². The Kier molecular flexibility index (Phi) is 6.92. The SMILES string of the molecule is Cn1nc(C(=O)O)c2ccc(C3CC(c4ccc(OCc5c(-c6c(Cl)cccc6Cl)noc5C5CC5)cc4Cl)C3)cc21. The van der Waals surface area contributed by atoms with Crippen LogP contribution < -0.4 is 4.74 Å². The monoisotopic (exact) mass is 621 g/mol. The zero-order valence-corrected chi connectivity index (χ0v) is 24.9. The van der Waals surface area contributed by atoms with Crippen molar-refractivity contribution in [3.63, 3.8) is 0 Å². The summed E-state index contributed by atoms with van der Waals surface area (Å²) in [5.41, 5.74) is 5.30. The molecule has 0 spiro atoms. The molecule has 0 atom stereocenters. The van der Waals surface area contributed by atoms with E-state index in [9.17, 15) is 9.90 Å². The van der Waals surface area contributed by atoms with E-state index in [-0.39, 0.29) is 12.3 Å². The number of fused-ring (bicyclic) bond motifs is 1. The zero-order valence-electron chi connectivity index (χ0n) is 22.6. The summed E-state index contributed by atoms with van der Waals surface area (Å²) < 4.78 is 13.6. The highest BCUT2D eigenvalue weighted by molar-refractivity contribution is 6.39. The fraction of sp³-hybridized carbons (Fsp3) is 0.281. The van der Waals surface area contributed by atoms with Crippen molar-refractivity contribution < 1.29 is 19.2 Å². The normalized spacial score (nSPS) is 18.3. The van der Waals surface area contributed by atoms with Gasteiger partial charge in [0.2, 0.25) is 0 Å². The average molecular weight is 623 g/mol. The van der Waals surface area contributed by atoms with Gasteiger partial charge in [-0.2, -0.15) is 5.10 Å². The Morgan fingerprint density at radius 1 is 1.00 bits per heavy atom. The van der Waals surface area contributed by atoms with Gasteiger partial charge in [0.1, 0.15) is 23.8 Å². The minimum absolute atomic E-state index is 0.0799. The fourth-order valence-corrected chi connectivity index (χ4v) is 6.86. The molecule has 2 aliphatic rings. The van der Waals surface area contributed by atoms with Crippen LogP contribution in [0.5, 0.6) is 5.75 Å². The third-order valence-corrected chi connectivity index (χ3v) is 9.41. The number of carboxylic acids is 1. The van der Waals surface area contributed by atoms with E-state index in [1.54, 1.807) is 29.9 Å². The molecule has 2 heterocycles. The van der Waals surface area contributed by atoms with Crippen LogP contribution in [0, 0.1) is 0 Å². The molecule has 5 aromatic rings. The first-order valence-electron chi connectivity index (χ1n) is 13.8. The number of ether oxygens (including phenoxy) is 1. The summed E-state index contributed by atoms with van der Waals surface area (Å²) in [5, 5.41) is 20.3. The second-order valence-corrected chi connectivity index (χ2v) is 12.4. The Morgan fingerprint density at radius 2 is 1.76 bits per heavy atom. The van der Waals surface area contributed by atoms with Crippen molar-refractivity contribution in [3.05, 3.63) is 97.8 Å². The summed E-state index contributed by atoms with van der Waals surface area (Å²) in [6.45, 7) is 0.257. The summed E-state index contributed by atoms with van der Waals surface area (Å²) in [7, 11) is 1.77. The predicted molar refractivity (Wildman–Crippen MR) is 162 cm³/mol. The number of benzene rings is 3. The smallest absolute Gasteiger partial charge is 0.357 e. The topological polar surface area (TPSA) is 90.4 Å². The van der Waals surface area contributed by atoms with Crippen LogP contribution in [0.3, 0.4) is 0 Å². The maximum Gasteiger partial charge on any atom is 0.357 e. The molecule has 10 heteroatoms. The molecule has 7 nitrogen and oxygen atoms in total. The Morgan fingerprint density at radius 3 is 2.45 bits per heavy atom. The molecule has 0 bridgehead atoms. The molecule has 2 aliphatic carbocycles. The van der Waals surface area contributed by atoms with Gasteiger partial charge in [-0.3, -0.25) is 4.68 Å². The number of halogens is 3. The molecule has 0 radical (unpaired) electrons. The van der Waals surface area contributed by atoms with Gasteiger partial charge in [0.05, 0.1) is 21.1 Å². The van der Waals surface area contributed by atoms with E-state index in [2.05, 4.69) is 16.3 Å². The van der Waals surface area contributed by atoms with Crippen molar-refractivity contribution in [1.29, 1.82) is 0 Å². The van der Waals surface area contributed by atoms with E-state index in [0.29, 0.717) is 55.2 Å². The number of aromatic carboxylic acids is 1. The van der Waals surface area contributed by atoms with Gasteiger partial charge in [-0.1, -0.05) is 64.2 Å². The third kappa shape index (κ3) is 4.83. The van der Waals surface area contributed by atoms with Gasteiger partial charge < -0.3 is 14.4 Å². The minimum atomic E-state index is -1.02. The number of aromatic nitrogens is 3. The summed E-state index contributed by atoms with van der Waals surface area (Å²) in [6.07, 6.45) is 4.03. The standard InChI is InChI=1S/C32H26Cl3N3O4/c1-38-27-13-17(7-9-22(27)30(36-38)32(39)40)18-11-19(12-18)21-10-8-20(14-26(21)35)41-15-23-29(37-42-31(23)16-5-6-16)28-24(33)3-2-4-25(28)34/h2-4,7-10,13-14,16,18-19H,5-6,11-12,15H2,1H3,(H,39,40). The highest BCUT2D eigenvalue weighted by atomic mass is 35.5. The second-order valence-electron chi connectivity index (χ2n) is 11.1. The van der Waals surface area contributed by atoms with Crippen molar-refractivity contribution in [2.75, 3.05) is 0 Å². The first-order chi connectivity index (χ1) is 20.3. The minimum Gasteiger partial charge on any atom is -0.489 e. The van der Waals surface area contributed by atoms with Crippen molar-refractivity contribution in [1.82, 2.24) is 14.9 Å². The maximum atomic E-state index is 11.5. The van der Waals surface area contributed by atoms with Crippen LogP contribution >= 0.6 is 34.8 Å². The second kappa shape index (κ2) is 10.6. The van der Waals surface area contributed by atoms with Gasteiger partial charge in [0.15, 0.2) is 5.69 Å². The number of hydrogen-bond donors (Lipinski definition) is 1. The average Bonchev–Trinajstić information content (AvgIpc) is 3.61. The Balaban J connectivity index is 1.06. The number of rotatable bonds is 8. The van der Waals surface area contributed by atoms with Crippen molar-refractivity contribution >= 4 is 51.7 Å². The van der Waals surface area contributed by atoms with Gasteiger partial charge in [-0.05, 0) is 79.0 Å². The Hall–Kier alpha value is -3.52. The molecule has 42 heavy (non-hydrogen) atoms. The summed E-state index contributed by atoms with van der Waals surface area (Å²) in [5.74, 6) is 1.51. The molecular weight excluding hydrogens is 597 g/mol. The third-order valence-electron chi connectivity index (χ3n) is 8.45. The molecule has 0 aliphatic heterocycles. The van der Waals surface area contributed by atoms with Crippen LogP contribution in [0.1, 0.15) is 76.4 Å². The molecular formula is C32H26Cl3N3O4. The van der Waals surface area contributed by atoms with Crippen LogP contribution in [-0.2, 0) is 13.7 Å². The molecule has 0 saturated heterocycles. The number of aryl methyl sites for hydroxylation is 1. The number of carboxylic acid groups (broad SMARTS) is 1. The number of nitrogens with zero attached hydrogens (tertiary/aromatic N) is 3. The van der Waals surface area contributed by atoms with E-state index < -0.39 is 5.97 Å². The molecule has 2 saturated carbocycles. The quantitative estimate of drug-likeness (QED) is 0.186. The van der Waals surface area contributed by atoms with Gasteiger partial charge in [-0.25, -0.2) is 4.79 Å². The Bertz CT molecular complexity index is 1830. The van der Waals surface area contributed by atoms with E-state index in [1.807, 2.05) is 30.3 Å². The molecule has 2 fully saturated rings. The number of carbonyl (C=O) groups is 1. The van der Waals surface area contributed by atoms with Crippen LogP contribution in [-0.4, -0.2) is 26.0 Å². The lowest BCUT2D eigenvalue weighted by atomic mass is 9.68. The summed E-state index contributed by atoms with van der Waals surface area (Å²) >= 11 is 19.7. The molecule has 0 amide bonds. The number of hydrogen-bond acceptors (Lipinski definition) is 5. The van der Waals surface area contributed by atoms with Crippen molar-refractivity contribution in [3.8, 4) is 17.0 Å². The Labute approximate surface area is 256 Å². The summed E-state index contributed by atoms with van der Waals surface area (Å²) in [6, 6.07) is 17.2. The van der Waals surface area contributed by atoms with E-state index in [4.69, 9.17) is 44.1 Å². The first kappa shape index (κ1) is 27.3. The van der Waals surface area contributed by atoms with E-state index in [1.165, 1.54) is 5.56 Å². The molecule has 2 aromatic heterocycles. The molecule has 0 unspecified atom stereocenters. The van der Waals surface area contributed by atoms with Crippen LogP contribution in [0.2, 0.25) is 15.1 Å². The van der Waals surface area contributed by atoms with Crippen LogP contribution in [0.15, 0.2) is 59.1 Å². The molecule has 7 rings (SSSR count). The summed E-state index contributed by atoms with van der Waals surface area (Å²) in [4.78, 5) is 11.5. The van der Waals surface area contributed by atoms with E-state index >= 15 is 0 Å². The highest BCUT2D eigenvalue weighted by Gasteiger charge is 2.35. The lowest BCUT2D eigenvalue weighted by molar-refractivity contribution is 0.0691. The van der Waals surface area contributed by atoms with Crippen molar-refractivity contribution in [2.24, 2.45) is 7.05 Å². The largest absolute Gasteiger partial charge is 0.489 e. The van der Waals surface area contributed by atoms with Gasteiger partial charge in [0, 0.05) is 28.9 Å². The van der Waals surface area contributed by atoms with Gasteiger partial charge in [-0.15, -0.1) is 0 Å². The fourth-order valence-electron chi connectivity index (χ4n) is 5.96. The zero-order chi connectivity index (χ0) is 29.1. The van der Waals surface area contributed by atoms with Crippen molar-refractivity contribution in [2.45, 2.75) is 50.0 Å². The van der Waals surface area contributed by atoms with Gasteiger partial charge >= 0.3 is 5.97 Å². The predicted octanol–water partition coefficient (Wildman–Crippen LogP) is 9.00. The van der Waals surface area contributed by atoms with Crippen LogP contribution in [0.25, 0.3) is 22.2 Å². The lowest BCUT2D eigenvalue weighted by Gasteiger charge is -2.36. The maximum absolute atomic E-state index is 11.5. The highest BCUT2D eigenvalue weighted by Crippen LogP contribution is 2.50. The first-order valence-corrected chi connectivity index (χ1v) is 15.0. The molecule has 3 aromatic carbocycles. The molecule has 214 valence electrons. The lowest BCUT2D eigenvalue weighted by Crippen LogP contribution is -2.20. The van der Waals surface area contributed by atoms with Crippen LogP contribution in [0.4, 0.5) is 0 Å². The molecule has 1 N–H and O–H groups in total. The van der Waals surface area contributed by atoms with E-state index in [0.717, 1.165) is 48.1 Å².